The number of carbonyl (C=O) groups excluding carboxylic acids is 3. The summed E-state index contributed by atoms with van der Waals surface area (Å²) in [7, 11) is 0. The van der Waals surface area contributed by atoms with Gasteiger partial charge in [-0.05, 0) is 37.5 Å². The van der Waals surface area contributed by atoms with Crippen molar-refractivity contribution in [2.45, 2.75) is 33.7 Å². The van der Waals surface area contributed by atoms with E-state index >= 15 is 0 Å². The molecule has 0 fully saturated rings. The van der Waals surface area contributed by atoms with Crippen molar-refractivity contribution in [3.63, 3.8) is 0 Å². The summed E-state index contributed by atoms with van der Waals surface area (Å²) in [5.74, 6) is -2.61. The number of carbonyl (C=O) groups is 3. The average molecular weight is 403 g/mol. The minimum absolute atomic E-state index is 0.359. The highest BCUT2D eigenvalue weighted by atomic mass is 16.5. The van der Waals surface area contributed by atoms with Gasteiger partial charge < -0.3 is 29.7 Å². The van der Waals surface area contributed by atoms with Crippen LogP contribution in [0.15, 0.2) is 27.4 Å². The van der Waals surface area contributed by atoms with Crippen LogP contribution >= 0.6 is 0 Å². The van der Waals surface area contributed by atoms with E-state index in [4.69, 9.17) is 9.15 Å². The lowest BCUT2D eigenvalue weighted by Gasteiger charge is -2.23. The van der Waals surface area contributed by atoms with Gasteiger partial charge in [-0.2, -0.15) is 0 Å². The van der Waals surface area contributed by atoms with Crippen LogP contribution in [0.25, 0.3) is 11.0 Å². The van der Waals surface area contributed by atoms with Gasteiger partial charge in [0.15, 0.2) is 6.61 Å². The lowest BCUT2D eigenvalue weighted by Crippen LogP contribution is -2.53. The fourth-order valence-corrected chi connectivity index (χ4v) is 2.75. The van der Waals surface area contributed by atoms with Crippen LogP contribution in [0.2, 0.25) is 0 Å². The Morgan fingerprint density at radius 1 is 1.17 bits per heavy atom. The summed E-state index contributed by atoms with van der Waals surface area (Å²) < 4.78 is 10.7. The molecule has 1 atom stereocenters. The molecule has 0 saturated carbocycles. The van der Waals surface area contributed by atoms with Gasteiger partial charge in [0.25, 0.3) is 5.91 Å². The molecule has 0 spiro atoms. The molecule has 156 valence electrons. The van der Waals surface area contributed by atoms with E-state index in [1.54, 1.807) is 39.8 Å². The molecule has 0 saturated heterocycles. The minimum Gasteiger partial charge on any atom is -0.548 e. The van der Waals surface area contributed by atoms with Crippen LogP contribution in [0.4, 0.5) is 0 Å². The molecule has 9 nitrogen and oxygen atoms in total. The number of carboxylic acids is 1. The minimum atomic E-state index is -1.39. The Hall–Kier alpha value is -3.36. The first-order valence-electron chi connectivity index (χ1n) is 9.04. The molecule has 0 bridgehead atoms. The highest BCUT2D eigenvalue weighted by molar-refractivity contribution is 5.88. The van der Waals surface area contributed by atoms with Crippen molar-refractivity contribution >= 4 is 28.8 Å². The fraction of sp³-hybridized carbons (Fsp3) is 0.400. The Kier molecular flexibility index (Phi) is 6.98. The van der Waals surface area contributed by atoms with Gasteiger partial charge in [-0.3, -0.25) is 9.59 Å². The molecule has 2 N–H and O–H groups in total. The van der Waals surface area contributed by atoms with Crippen molar-refractivity contribution in [1.29, 1.82) is 0 Å². The topological polar surface area (TPSA) is 138 Å². The zero-order chi connectivity index (χ0) is 21.7. The van der Waals surface area contributed by atoms with Gasteiger partial charge in [-0.1, -0.05) is 13.8 Å². The highest BCUT2D eigenvalue weighted by Crippen LogP contribution is 2.28. The summed E-state index contributed by atoms with van der Waals surface area (Å²) in [4.78, 5) is 46.3. The molecule has 29 heavy (non-hydrogen) atoms. The molecule has 0 radical (unpaired) electrons. The van der Waals surface area contributed by atoms with Gasteiger partial charge in [0, 0.05) is 17.0 Å². The molecule has 1 heterocycles. The summed E-state index contributed by atoms with van der Waals surface area (Å²) in [6, 6.07) is 3.64. The molecule has 1 aromatic carbocycles. The van der Waals surface area contributed by atoms with Crippen molar-refractivity contribution in [1.82, 2.24) is 10.6 Å². The molecular weight excluding hydrogens is 380 g/mol. The Balaban J connectivity index is 1.94. The predicted molar refractivity (Wildman–Crippen MR) is 102 cm³/mol. The Morgan fingerprint density at radius 2 is 1.86 bits per heavy atom. The molecule has 1 aromatic heterocycles. The Labute approximate surface area is 167 Å². The second-order valence-corrected chi connectivity index (χ2v) is 6.99. The molecule has 9 heteroatoms. The number of aryl methyl sites for hydroxylation is 2. The number of ether oxygens (including phenoxy) is 1. The van der Waals surface area contributed by atoms with Crippen LogP contribution in [0.3, 0.4) is 0 Å². The number of aliphatic carboxylic acids is 1. The third-order valence-corrected chi connectivity index (χ3v) is 4.36. The first-order chi connectivity index (χ1) is 13.6. The highest BCUT2D eigenvalue weighted by Gasteiger charge is 2.18. The number of fused-ring (bicyclic) bond motifs is 1. The van der Waals surface area contributed by atoms with Crippen molar-refractivity contribution in [2.75, 3.05) is 13.2 Å². The van der Waals surface area contributed by atoms with E-state index in [0.29, 0.717) is 16.9 Å². The van der Waals surface area contributed by atoms with Gasteiger partial charge in [-0.25, -0.2) is 4.79 Å². The number of hydrogen-bond donors (Lipinski definition) is 2. The van der Waals surface area contributed by atoms with Gasteiger partial charge in [-0.15, -0.1) is 0 Å². The SMILES string of the molecule is Cc1cc(=O)oc2c(C)c(OCC(=O)NCC(=O)N[C@H](C(=O)[O-])C(C)C)ccc12. The van der Waals surface area contributed by atoms with Gasteiger partial charge in [0.1, 0.15) is 11.3 Å². The zero-order valence-corrected chi connectivity index (χ0v) is 16.7. The third kappa shape index (κ3) is 5.56. The normalized spacial score (nSPS) is 11.9. The molecule has 2 aromatic rings. The summed E-state index contributed by atoms with van der Waals surface area (Å²) in [6.45, 7) is 5.98. The van der Waals surface area contributed by atoms with Crippen LogP contribution < -0.4 is 26.1 Å². The number of amides is 2. The van der Waals surface area contributed by atoms with E-state index < -0.39 is 36.0 Å². The predicted octanol–water partition coefficient (Wildman–Crippen LogP) is -0.204. The Bertz CT molecular complexity index is 994. The third-order valence-electron chi connectivity index (χ3n) is 4.36. The van der Waals surface area contributed by atoms with Gasteiger partial charge in [0.2, 0.25) is 5.91 Å². The molecule has 0 unspecified atom stereocenters. The molecule has 0 aliphatic rings. The van der Waals surface area contributed by atoms with Crippen LogP contribution in [0.5, 0.6) is 5.75 Å². The van der Waals surface area contributed by atoms with Gasteiger partial charge >= 0.3 is 5.63 Å². The second-order valence-electron chi connectivity index (χ2n) is 6.99. The zero-order valence-electron chi connectivity index (χ0n) is 16.7. The van der Waals surface area contributed by atoms with Crippen LogP contribution in [0.1, 0.15) is 25.0 Å². The number of hydrogen-bond acceptors (Lipinski definition) is 7. The van der Waals surface area contributed by atoms with E-state index in [1.807, 2.05) is 0 Å². The van der Waals surface area contributed by atoms with E-state index in [0.717, 1.165) is 10.9 Å². The monoisotopic (exact) mass is 403 g/mol. The Morgan fingerprint density at radius 3 is 2.48 bits per heavy atom. The second kappa shape index (κ2) is 9.22. The quantitative estimate of drug-likeness (QED) is 0.582. The van der Waals surface area contributed by atoms with E-state index in [1.165, 1.54) is 6.07 Å². The van der Waals surface area contributed by atoms with E-state index in [9.17, 15) is 24.3 Å². The van der Waals surface area contributed by atoms with Crippen LogP contribution in [0, 0.1) is 19.8 Å². The summed E-state index contributed by atoms with van der Waals surface area (Å²) in [5, 5.41) is 16.4. The lowest BCUT2D eigenvalue weighted by atomic mass is 10.1. The number of nitrogens with one attached hydrogen (secondary N) is 2. The van der Waals surface area contributed by atoms with E-state index in [-0.39, 0.29) is 12.5 Å². The molecular formula is C20H23N2O7-. The fourth-order valence-electron chi connectivity index (χ4n) is 2.75. The van der Waals surface area contributed by atoms with E-state index in [2.05, 4.69) is 10.6 Å². The molecule has 0 aliphatic carbocycles. The summed E-state index contributed by atoms with van der Waals surface area (Å²) in [6.07, 6.45) is 0. The number of carboxylic acid groups (broad SMARTS) is 1. The summed E-state index contributed by atoms with van der Waals surface area (Å²) in [5.41, 5.74) is 1.25. The molecule has 2 rings (SSSR count). The summed E-state index contributed by atoms with van der Waals surface area (Å²) >= 11 is 0. The smallest absolute Gasteiger partial charge is 0.336 e. The maximum atomic E-state index is 11.9. The molecule has 2 amide bonds. The van der Waals surface area contributed by atoms with Gasteiger partial charge in [0.05, 0.1) is 18.6 Å². The maximum absolute atomic E-state index is 11.9. The van der Waals surface area contributed by atoms with Crippen molar-refractivity contribution < 1.29 is 28.6 Å². The van der Waals surface area contributed by atoms with Crippen molar-refractivity contribution in [3.05, 3.63) is 39.7 Å². The van der Waals surface area contributed by atoms with Crippen LogP contribution in [-0.2, 0) is 14.4 Å². The maximum Gasteiger partial charge on any atom is 0.336 e. The lowest BCUT2D eigenvalue weighted by molar-refractivity contribution is -0.309. The number of rotatable bonds is 8. The first kappa shape index (κ1) is 21.9. The molecule has 0 aliphatic heterocycles. The number of benzene rings is 1. The standard InChI is InChI=1S/C20H24N2O7/c1-10(2)18(20(26)27)22-15(23)8-21-16(24)9-28-14-6-5-13-11(3)7-17(25)29-19(13)12(14)4/h5-7,10,18H,8-9H2,1-4H3,(H,21,24)(H,22,23)(H,26,27)/p-1/t18-/m0/s1. The van der Waals surface area contributed by atoms with Crippen molar-refractivity contribution in [2.24, 2.45) is 5.92 Å². The first-order valence-corrected chi connectivity index (χ1v) is 9.04. The van der Waals surface area contributed by atoms with Crippen molar-refractivity contribution in [3.8, 4) is 5.75 Å². The van der Waals surface area contributed by atoms with Crippen LogP contribution in [-0.4, -0.2) is 37.0 Å². The largest absolute Gasteiger partial charge is 0.548 e. The average Bonchev–Trinajstić information content (AvgIpc) is 2.63.